The summed E-state index contributed by atoms with van der Waals surface area (Å²) in [7, 11) is 0. The summed E-state index contributed by atoms with van der Waals surface area (Å²) in [5.41, 5.74) is 0.0806. The molecular formula is C35H36F3N5O3. The molecule has 0 spiro atoms. The molecule has 3 saturated heterocycles. The predicted octanol–water partition coefficient (Wildman–Crippen LogP) is 5.68. The average molecular weight is 632 g/mol. The number of fused-ring (bicyclic) bond motifs is 3. The molecule has 3 aliphatic rings. The number of aromatic nitrogens is 3. The molecule has 0 unspecified atom stereocenters. The lowest BCUT2D eigenvalue weighted by molar-refractivity contribution is 0.107. The first-order chi connectivity index (χ1) is 22.2. The first-order valence-electron chi connectivity index (χ1n) is 15.9. The van der Waals surface area contributed by atoms with Crippen LogP contribution in [0.25, 0.3) is 32.9 Å². The summed E-state index contributed by atoms with van der Waals surface area (Å²) >= 11 is 0. The fourth-order valence-electron chi connectivity index (χ4n) is 7.64. The summed E-state index contributed by atoms with van der Waals surface area (Å²) in [6.45, 7) is 5.58. The maximum Gasteiger partial charge on any atom is 0.319 e. The van der Waals surface area contributed by atoms with Crippen molar-refractivity contribution in [3.8, 4) is 34.9 Å². The fraction of sp³-hybridized carbons (Fsp3) is 0.457. The minimum atomic E-state index is -0.942. The molecule has 8 nitrogen and oxygen atoms in total. The van der Waals surface area contributed by atoms with Crippen LogP contribution in [-0.4, -0.2) is 80.7 Å². The zero-order valence-electron chi connectivity index (χ0n) is 25.9. The molecule has 0 bridgehead atoms. The quantitative estimate of drug-likeness (QED) is 0.263. The van der Waals surface area contributed by atoms with Crippen molar-refractivity contribution in [2.45, 2.75) is 70.2 Å². The Kier molecular flexibility index (Phi) is 7.89. The number of β-amino-alcohol motifs (C(OH)–C–C–N with tert-alkyl or cyclic N) is 1. The van der Waals surface area contributed by atoms with Crippen LogP contribution >= 0.6 is 0 Å². The molecule has 5 heterocycles. The second-order valence-electron chi connectivity index (χ2n) is 12.6. The smallest absolute Gasteiger partial charge is 0.319 e. The van der Waals surface area contributed by atoms with E-state index in [-0.39, 0.29) is 52.8 Å². The molecule has 3 aliphatic heterocycles. The number of nitrogens with zero attached hydrogens (tertiary/aromatic N) is 5. The van der Waals surface area contributed by atoms with Gasteiger partial charge in [-0.15, -0.1) is 0 Å². The van der Waals surface area contributed by atoms with E-state index in [4.69, 9.17) is 9.72 Å². The number of halogens is 3. The summed E-state index contributed by atoms with van der Waals surface area (Å²) < 4.78 is 52.8. The number of aliphatic hydroxyl groups is 1. The number of anilines is 1. The summed E-state index contributed by atoms with van der Waals surface area (Å²) in [6.07, 6.45) is 2.19. The molecule has 2 N–H and O–H groups in total. The third-order valence-corrected chi connectivity index (χ3v) is 9.68. The number of pyridine rings is 1. The van der Waals surface area contributed by atoms with Gasteiger partial charge >= 0.3 is 6.01 Å². The number of benzene rings is 2. The Balaban J connectivity index is 1.45. The van der Waals surface area contributed by atoms with E-state index < -0.39 is 29.4 Å². The van der Waals surface area contributed by atoms with Crippen molar-refractivity contribution < 1.29 is 28.1 Å². The van der Waals surface area contributed by atoms with Crippen LogP contribution in [0, 0.1) is 23.5 Å². The van der Waals surface area contributed by atoms with Gasteiger partial charge in [0.15, 0.2) is 5.82 Å². The van der Waals surface area contributed by atoms with Crippen molar-refractivity contribution in [2.24, 2.45) is 0 Å². The van der Waals surface area contributed by atoms with Crippen LogP contribution in [0.3, 0.4) is 0 Å². The number of phenols is 1. The van der Waals surface area contributed by atoms with Gasteiger partial charge in [0.05, 0.1) is 17.0 Å². The van der Waals surface area contributed by atoms with E-state index in [1.54, 1.807) is 13.0 Å². The van der Waals surface area contributed by atoms with Crippen LogP contribution in [0.2, 0.25) is 0 Å². The second-order valence-corrected chi connectivity index (χ2v) is 12.6. The number of alkyl halides is 1. The van der Waals surface area contributed by atoms with Crippen molar-refractivity contribution in [2.75, 3.05) is 37.7 Å². The minimum Gasteiger partial charge on any atom is -0.508 e. The Morgan fingerprint density at radius 3 is 2.72 bits per heavy atom. The summed E-state index contributed by atoms with van der Waals surface area (Å²) in [6, 6.07) is 5.69. The van der Waals surface area contributed by atoms with E-state index in [2.05, 4.69) is 26.7 Å². The largest absolute Gasteiger partial charge is 0.508 e. The molecular weight excluding hydrogens is 595 g/mol. The van der Waals surface area contributed by atoms with Gasteiger partial charge in [-0.3, -0.25) is 4.90 Å². The first kappa shape index (κ1) is 30.5. The van der Waals surface area contributed by atoms with Gasteiger partial charge in [0.1, 0.15) is 47.1 Å². The second kappa shape index (κ2) is 11.9. The van der Waals surface area contributed by atoms with Gasteiger partial charge < -0.3 is 19.8 Å². The highest BCUT2D eigenvalue weighted by atomic mass is 19.1. The normalized spacial score (nSPS) is 23.1. The van der Waals surface area contributed by atoms with Crippen molar-refractivity contribution in [1.29, 1.82) is 0 Å². The van der Waals surface area contributed by atoms with Gasteiger partial charge in [0.2, 0.25) is 0 Å². The Morgan fingerprint density at radius 2 is 1.93 bits per heavy atom. The van der Waals surface area contributed by atoms with Crippen molar-refractivity contribution in [3.05, 3.63) is 47.2 Å². The number of piperidine rings is 1. The van der Waals surface area contributed by atoms with Crippen molar-refractivity contribution >= 4 is 27.5 Å². The van der Waals surface area contributed by atoms with E-state index in [0.29, 0.717) is 60.9 Å². The SMILES string of the molecule is CC#Cc1nc(-c2cc(O)cc3ccc(F)c(CC)c23)c(F)c2nc(OC[C@@]34CCCN3C[C@H](F)C4)nc(N3CCC[C@H](O)C3)c12. The van der Waals surface area contributed by atoms with E-state index >= 15 is 8.78 Å². The lowest BCUT2D eigenvalue weighted by Gasteiger charge is -2.33. The molecule has 0 radical (unpaired) electrons. The number of ether oxygens (including phenoxy) is 1. The molecule has 2 aromatic carbocycles. The standard InChI is InChI=1S/C35H36F3N5O3/c1-3-7-27-29-32(30(38)31(39-27)25-15-23(45)14-20-9-10-26(37)24(4-2)28(20)25)40-34(41-33(29)42-12-5-8-22(44)18-42)46-19-35-11-6-13-43(35)17-21(36)16-35/h9-10,14-15,21-22,44-45H,4-6,8,11-13,16-19H2,1-2H3/t21-,22+,35+/m1/s1. The van der Waals surface area contributed by atoms with Gasteiger partial charge in [-0.05, 0) is 86.0 Å². The number of hydrogen-bond acceptors (Lipinski definition) is 8. The maximum absolute atomic E-state index is 17.0. The molecule has 3 atom stereocenters. The molecule has 0 amide bonds. The molecule has 46 heavy (non-hydrogen) atoms. The predicted molar refractivity (Wildman–Crippen MR) is 170 cm³/mol. The van der Waals surface area contributed by atoms with E-state index in [9.17, 15) is 14.6 Å². The summed E-state index contributed by atoms with van der Waals surface area (Å²) in [5.74, 6) is 4.82. The van der Waals surface area contributed by atoms with Gasteiger partial charge in [-0.25, -0.2) is 18.2 Å². The molecule has 0 aliphatic carbocycles. The molecule has 240 valence electrons. The van der Waals surface area contributed by atoms with E-state index in [0.717, 1.165) is 19.4 Å². The molecule has 2 aromatic heterocycles. The van der Waals surface area contributed by atoms with E-state index in [1.807, 2.05) is 11.8 Å². The highest BCUT2D eigenvalue weighted by molar-refractivity contribution is 6.03. The van der Waals surface area contributed by atoms with Crippen LogP contribution in [0.15, 0.2) is 24.3 Å². The number of aryl methyl sites for hydroxylation is 1. The van der Waals surface area contributed by atoms with Crippen LogP contribution in [0.4, 0.5) is 19.0 Å². The van der Waals surface area contributed by atoms with Gasteiger partial charge in [-0.2, -0.15) is 9.97 Å². The Morgan fingerprint density at radius 1 is 1.09 bits per heavy atom. The Hall–Kier alpha value is -4.14. The minimum absolute atomic E-state index is 0.0707. The average Bonchev–Trinajstić information content (AvgIpc) is 3.56. The zero-order chi connectivity index (χ0) is 32.2. The summed E-state index contributed by atoms with van der Waals surface area (Å²) in [5, 5.41) is 22.4. The number of aromatic hydroxyl groups is 1. The fourth-order valence-corrected chi connectivity index (χ4v) is 7.64. The Labute approximate surface area is 265 Å². The van der Waals surface area contributed by atoms with Gasteiger partial charge in [-0.1, -0.05) is 18.9 Å². The molecule has 3 fully saturated rings. The van der Waals surface area contributed by atoms with Crippen LogP contribution in [0.5, 0.6) is 11.8 Å². The van der Waals surface area contributed by atoms with Crippen molar-refractivity contribution in [3.63, 3.8) is 0 Å². The lowest BCUT2D eigenvalue weighted by Crippen LogP contribution is -2.43. The zero-order valence-corrected chi connectivity index (χ0v) is 25.9. The number of aliphatic hydroxyl groups excluding tert-OH is 1. The lowest BCUT2D eigenvalue weighted by atomic mass is 9.94. The van der Waals surface area contributed by atoms with Crippen LogP contribution in [-0.2, 0) is 6.42 Å². The molecule has 4 aromatic rings. The molecule has 11 heteroatoms. The number of phenolic OH excluding ortho intramolecular Hbond substituents is 1. The number of rotatable bonds is 6. The van der Waals surface area contributed by atoms with E-state index in [1.165, 1.54) is 18.2 Å². The number of hydrogen-bond donors (Lipinski definition) is 2. The highest BCUT2D eigenvalue weighted by Gasteiger charge is 2.49. The van der Waals surface area contributed by atoms with Gasteiger partial charge in [0, 0.05) is 31.6 Å². The van der Waals surface area contributed by atoms with Gasteiger partial charge in [0.25, 0.3) is 0 Å². The maximum atomic E-state index is 17.0. The topological polar surface area (TPSA) is 94.8 Å². The highest BCUT2D eigenvalue weighted by Crippen LogP contribution is 2.42. The van der Waals surface area contributed by atoms with Crippen LogP contribution in [0.1, 0.15) is 57.2 Å². The molecule has 7 rings (SSSR count). The monoisotopic (exact) mass is 631 g/mol. The Bertz CT molecular complexity index is 1910. The third kappa shape index (κ3) is 5.17. The molecule has 0 saturated carbocycles. The first-order valence-corrected chi connectivity index (χ1v) is 15.9. The third-order valence-electron chi connectivity index (χ3n) is 9.68. The van der Waals surface area contributed by atoms with Crippen LogP contribution < -0.4 is 9.64 Å². The van der Waals surface area contributed by atoms with Crippen molar-refractivity contribution in [1.82, 2.24) is 19.9 Å². The summed E-state index contributed by atoms with van der Waals surface area (Å²) in [4.78, 5) is 18.0.